The van der Waals surface area contributed by atoms with Crippen molar-refractivity contribution in [1.29, 1.82) is 0 Å². The second kappa shape index (κ2) is 6.83. The van der Waals surface area contributed by atoms with E-state index in [-0.39, 0.29) is 17.5 Å². The Hall–Kier alpha value is -3.42. The number of carbonyl (C=O) groups excluding carboxylic acids is 1. The summed E-state index contributed by atoms with van der Waals surface area (Å²) in [4.78, 5) is 29.4. The largest absolute Gasteiger partial charge is 0.463 e. The van der Waals surface area contributed by atoms with Gasteiger partial charge in [0.25, 0.3) is 5.91 Å². The Bertz CT molecular complexity index is 889. The summed E-state index contributed by atoms with van der Waals surface area (Å²) in [7, 11) is 0. The molecule has 0 spiro atoms. The molecule has 8 heteroatoms. The van der Waals surface area contributed by atoms with Crippen molar-refractivity contribution in [3.63, 3.8) is 0 Å². The van der Waals surface area contributed by atoms with Crippen LogP contribution in [-0.2, 0) is 0 Å². The Balaban J connectivity index is 1.49. The number of hydrogen-bond donors (Lipinski definition) is 1. The van der Waals surface area contributed by atoms with E-state index in [0.717, 1.165) is 5.82 Å². The predicted molar refractivity (Wildman–Crippen MR) is 96.5 cm³/mol. The lowest BCUT2D eigenvalue weighted by Gasteiger charge is -2.35. The van der Waals surface area contributed by atoms with Crippen molar-refractivity contribution in [3.05, 3.63) is 54.6 Å². The van der Waals surface area contributed by atoms with Crippen molar-refractivity contribution in [2.24, 2.45) is 0 Å². The van der Waals surface area contributed by atoms with Gasteiger partial charge < -0.3 is 20.0 Å². The Morgan fingerprint density at radius 2 is 1.92 bits per heavy atom. The highest BCUT2D eigenvalue weighted by molar-refractivity contribution is 5.93. The highest BCUT2D eigenvalue weighted by Gasteiger charge is 2.24. The Kier molecular flexibility index (Phi) is 4.22. The molecule has 4 rings (SSSR count). The third-order valence-electron chi connectivity index (χ3n) is 4.28. The summed E-state index contributed by atoms with van der Waals surface area (Å²) < 4.78 is 5.33. The van der Waals surface area contributed by atoms with Crippen molar-refractivity contribution < 1.29 is 9.21 Å². The van der Waals surface area contributed by atoms with Crippen LogP contribution in [0.5, 0.6) is 0 Å². The van der Waals surface area contributed by atoms with E-state index in [9.17, 15) is 4.79 Å². The van der Waals surface area contributed by atoms with Gasteiger partial charge in [-0.1, -0.05) is 6.07 Å². The molecule has 0 atom stereocenters. The number of piperazine rings is 1. The molecular formula is C18H18N6O2. The van der Waals surface area contributed by atoms with Crippen molar-refractivity contribution in [1.82, 2.24) is 19.9 Å². The monoisotopic (exact) mass is 350 g/mol. The van der Waals surface area contributed by atoms with Gasteiger partial charge in [0.05, 0.1) is 6.26 Å². The molecule has 4 heterocycles. The van der Waals surface area contributed by atoms with Gasteiger partial charge >= 0.3 is 0 Å². The third kappa shape index (κ3) is 3.21. The lowest BCUT2D eigenvalue weighted by molar-refractivity contribution is 0.0740. The Morgan fingerprint density at radius 1 is 1.08 bits per heavy atom. The zero-order chi connectivity index (χ0) is 17.9. The number of pyridine rings is 1. The van der Waals surface area contributed by atoms with E-state index in [4.69, 9.17) is 10.2 Å². The number of amides is 1. The van der Waals surface area contributed by atoms with Gasteiger partial charge in [0, 0.05) is 32.4 Å². The highest BCUT2D eigenvalue weighted by Crippen LogP contribution is 2.20. The molecule has 0 aliphatic carbocycles. The van der Waals surface area contributed by atoms with Gasteiger partial charge in [0.15, 0.2) is 5.76 Å². The molecule has 3 aromatic heterocycles. The van der Waals surface area contributed by atoms with Crippen LogP contribution in [0.3, 0.4) is 0 Å². The molecule has 8 nitrogen and oxygen atoms in total. The number of furan rings is 1. The van der Waals surface area contributed by atoms with Gasteiger partial charge in [-0.3, -0.25) is 4.79 Å². The van der Waals surface area contributed by atoms with Crippen molar-refractivity contribution in [2.75, 3.05) is 36.8 Å². The minimum Gasteiger partial charge on any atom is -0.463 e. The smallest absolute Gasteiger partial charge is 0.272 e. The van der Waals surface area contributed by atoms with Crippen LogP contribution in [-0.4, -0.2) is 51.9 Å². The number of nitrogen functional groups attached to an aromatic ring is 1. The van der Waals surface area contributed by atoms with Crippen LogP contribution < -0.4 is 10.6 Å². The lowest BCUT2D eigenvalue weighted by Crippen LogP contribution is -2.49. The molecule has 1 aliphatic rings. The molecule has 0 bridgehead atoms. The van der Waals surface area contributed by atoms with E-state index in [1.165, 1.54) is 0 Å². The normalized spacial score (nSPS) is 14.5. The fraction of sp³-hybridized carbons (Fsp3) is 0.222. The number of hydrogen-bond acceptors (Lipinski definition) is 7. The zero-order valence-corrected chi connectivity index (χ0v) is 14.1. The summed E-state index contributed by atoms with van der Waals surface area (Å²) in [6.45, 7) is 2.62. The molecule has 3 aromatic rings. The van der Waals surface area contributed by atoms with Crippen LogP contribution in [0, 0.1) is 0 Å². The minimum atomic E-state index is -0.160. The maximum absolute atomic E-state index is 12.8. The van der Waals surface area contributed by atoms with Crippen LogP contribution in [0.15, 0.2) is 53.3 Å². The number of nitrogens with zero attached hydrogens (tertiary/aromatic N) is 5. The van der Waals surface area contributed by atoms with E-state index in [2.05, 4.69) is 19.9 Å². The summed E-state index contributed by atoms with van der Waals surface area (Å²) in [6, 6.07) is 11.0. The van der Waals surface area contributed by atoms with Gasteiger partial charge in [0.2, 0.25) is 5.95 Å². The average Bonchev–Trinajstić information content (AvgIpc) is 3.23. The molecule has 1 amide bonds. The fourth-order valence-electron chi connectivity index (χ4n) is 2.97. The Labute approximate surface area is 150 Å². The van der Waals surface area contributed by atoms with E-state index in [1.807, 2.05) is 18.2 Å². The summed E-state index contributed by atoms with van der Waals surface area (Å²) in [5.74, 6) is 1.36. The maximum atomic E-state index is 12.8. The maximum Gasteiger partial charge on any atom is 0.272 e. The third-order valence-corrected chi connectivity index (χ3v) is 4.28. The van der Waals surface area contributed by atoms with Gasteiger partial charge in [-0.2, -0.15) is 0 Å². The number of carbonyl (C=O) groups is 1. The van der Waals surface area contributed by atoms with Gasteiger partial charge in [-0.15, -0.1) is 0 Å². The predicted octanol–water partition coefficient (Wildman–Crippen LogP) is 1.68. The first-order valence-electron chi connectivity index (χ1n) is 8.34. The zero-order valence-electron chi connectivity index (χ0n) is 14.1. The molecule has 132 valence electrons. The second-order valence-electron chi connectivity index (χ2n) is 5.94. The van der Waals surface area contributed by atoms with Crippen LogP contribution in [0.4, 0.5) is 11.8 Å². The molecule has 1 fully saturated rings. The summed E-state index contributed by atoms with van der Waals surface area (Å²) in [6.07, 6.45) is 3.32. The van der Waals surface area contributed by atoms with Gasteiger partial charge in [-0.25, -0.2) is 15.0 Å². The molecule has 26 heavy (non-hydrogen) atoms. The first-order valence-corrected chi connectivity index (χ1v) is 8.34. The summed E-state index contributed by atoms with van der Waals surface area (Å²) in [5.41, 5.74) is 6.55. The molecule has 1 aliphatic heterocycles. The molecule has 2 N–H and O–H groups in total. The number of nitrogens with two attached hydrogens (primary N) is 1. The topological polar surface area (TPSA) is 101 Å². The van der Waals surface area contributed by atoms with Crippen LogP contribution >= 0.6 is 0 Å². The first-order chi connectivity index (χ1) is 12.7. The van der Waals surface area contributed by atoms with E-state index < -0.39 is 0 Å². The first kappa shape index (κ1) is 16.1. The molecule has 0 saturated carbocycles. The lowest BCUT2D eigenvalue weighted by atomic mass is 10.2. The van der Waals surface area contributed by atoms with Crippen molar-refractivity contribution in [3.8, 4) is 11.5 Å². The van der Waals surface area contributed by atoms with Crippen molar-refractivity contribution in [2.45, 2.75) is 0 Å². The molecular weight excluding hydrogens is 332 g/mol. The quantitative estimate of drug-likeness (QED) is 0.767. The SMILES string of the molecule is Nc1nc(C(=O)N2CCN(c3ccccn3)CC2)cc(-c2ccco2)n1. The molecule has 0 radical (unpaired) electrons. The van der Waals surface area contributed by atoms with Gasteiger partial charge in [-0.05, 0) is 30.3 Å². The van der Waals surface area contributed by atoms with E-state index in [0.29, 0.717) is 37.6 Å². The molecule has 0 aromatic carbocycles. The number of aromatic nitrogens is 3. The average molecular weight is 350 g/mol. The van der Waals surface area contributed by atoms with Gasteiger partial charge in [0.1, 0.15) is 17.2 Å². The van der Waals surface area contributed by atoms with Crippen LogP contribution in [0.25, 0.3) is 11.5 Å². The van der Waals surface area contributed by atoms with Crippen molar-refractivity contribution >= 4 is 17.7 Å². The Morgan fingerprint density at radius 3 is 2.62 bits per heavy atom. The minimum absolute atomic E-state index is 0.0503. The standard InChI is InChI=1S/C18H18N6O2/c19-18-21-13(15-4-3-11-26-15)12-14(22-18)17(25)24-9-7-23(8-10-24)16-5-1-2-6-20-16/h1-6,11-12H,7-10H2,(H2,19,21,22). The van der Waals surface area contributed by atoms with E-state index >= 15 is 0 Å². The molecule has 1 saturated heterocycles. The van der Waals surface area contributed by atoms with Crippen LogP contribution in [0.2, 0.25) is 0 Å². The number of anilines is 2. The summed E-state index contributed by atoms with van der Waals surface area (Å²) >= 11 is 0. The fourth-order valence-corrected chi connectivity index (χ4v) is 2.97. The highest BCUT2D eigenvalue weighted by atomic mass is 16.3. The molecule has 0 unspecified atom stereocenters. The van der Waals surface area contributed by atoms with E-state index in [1.54, 1.807) is 35.6 Å². The number of rotatable bonds is 3. The summed E-state index contributed by atoms with van der Waals surface area (Å²) in [5, 5.41) is 0. The van der Waals surface area contributed by atoms with Crippen LogP contribution in [0.1, 0.15) is 10.5 Å². The second-order valence-corrected chi connectivity index (χ2v) is 5.94.